The van der Waals surface area contributed by atoms with E-state index in [1.807, 2.05) is 0 Å². The maximum absolute atomic E-state index is 14.0. The zero-order valence-electron chi connectivity index (χ0n) is 9.56. The van der Waals surface area contributed by atoms with Crippen LogP contribution in [0.2, 0.25) is 0 Å². The molecular formula is C12H11BrFNO2S. The molecule has 0 aliphatic heterocycles. The predicted molar refractivity (Wildman–Crippen MR) is 71.4 cm³/mol. The van der Waals surface area contributed by atoms with E-state index in [9.17, 15) is 9.50 Å². The van der Waals surface area contributed by atoms with Gasteiger partial charge in [-0.3, -0.25) is 0 Å². The molecule has 6 heteroatoms. The second-order valence-electron chi connectivity index (χ2n) is 3.54. The Morgan fingerprint density at radius 3 is 3.00 bits per heavy atom. The molecule has 2 aromatic rings. The lowest BCUT2D eigenvalue weighted by Crippen LogP contribution is -2.05. The van der Waals surface area contributed by atoms with Crippen molar-refractivity contribution in [1.29, 1.82) is 0 Å². The monoisotopic (exact) mass is 331 g/mol. The number of hydrogen-bond acceptors (Lipinski definition) is 4. The number of ether oxygens (including phenoxy) is 1. The summed E-state index contributed by atoms with van der Waals surface area (Å²) in [5.41, 5.74) is 0.804. The number of aliphatic hydroxyl groups excluding tert-OH is 1. The van der Waals surface area contributed by atoms with Crippen LogP contribution in [0, 0.1) is 5.82 Å². The molecule has 0 saturated heterocycles. The van der Waals surface area contributed by atoms with Crippen molar-refractivity contribution in [2.24, 2.45) is 0 Å². The fourth-order valence-corrected chi connectivity index (χ4v) is 2.73. The average Bonchev–Trinajstić information content (AvgIpc) is 2.78. The first-order chi connectivity index (χ1) is 8.63. The van der Waals surface area contributed by atoms with Gasteiger partial charge in [0.25, 0.3) is 5.88 Å². The summed E-state index contributed by atoms with van der Waals surface area (Å²) >= 11 is 4.74. The number of hydrogen-bond donors (Lipinski definition) is 1. The van der Waals surface area contributed by atoms with Gasteiger partial charge in [0.2, 0.25) is 0 Å². The molecule has 0 aliphatic carbocycles. The zero-order chi connectivity index (χ0) is 13.1. The molecule has 1 atom stereocenters. The molecule has 0 aliphatic rings. The lowest BCUT2D eigenvalue weighted by atomic mass is 10.1. The Bertz CT molecular complexity index is 547. The minimum Gasteiger partial charge on any atom is -0.476 e. The number of nitrogens with zero attached hydrogens (tertiary/aromatic N) is 1. The fraction of sp³-hybridized carbons (Fsp3) is 0.250. The molecule has 18 heavy (non-hydrogen) atoms. The molecule has 0 radical (unpaired) electrons. The van der Waals surface area contributed by atoms with E-state index in [0.29, 0.717) is 12.2 Å². The van der Waals surface area contributed by atoms with Gasteiger partial charge in [-0.2, -0.15) is 0 Å². The van der Waals surface area contributed by atoms with Crippen LogP contribution in [0.1, 0.15) is 24.2 Å². The van der Waals surface area contributed by atoms with Crippen LogP contribution in [-0.4, -0.2) is 16.7 Å². The predicted octanol–water partition coefficient (Wildman–Crippen LogP) is 3.53. The first kappa shape index (κ1) is 13.5. The normalized spacial score (nSPS) is 12.4. The van der Waals surface area contributed by atoms with Gasteiger partial charge in [0.15, 0.2) is 5.82 Å². The quantitative estimate of drug-likeness (QED) is 0.931. The third-order valence-electron chi connectivity index (χ3n) is 2.37. The number of pyridine rings is 1. The lowest BCUT2D eigenvalue weighted by Gasteiger charge is -2.12. The van der Waals surface area contributed by atoms with Crippen molar-refractivity contribution in [3.05, 3.63) is 44.4 Å². The third-order valence-corrected chi connectivity index (χ3v) is 3.89. The van der Waals surface area contributed by atoms with E-state index in [1.165, 1.54) is 23.6 Å². The number of aliphatic hydroxyl groups is 1. The summed E-state index contributed by atoms with van der Waals surface area (Å²) in [6, 6.07) is 3.21. The van der Waals surface area contributed by atoms with Crippen LogP contribution in [0.4, 0.5) is 4.39 Å². The number of rotatable bonds is 4. The smallest absolute Gasteiger partial charge is 0.250 e. The van der Waals surface area contributed by atoms with Crippen LogP contribution in [0.15, 0.2) is 27.5 Å². The first-order valence-electron chi connectivity index (χ1n) is 5.32. The molecule has 0 fully saturated rings. The maximum atomic E-state index is 14.0. The van der Waals surface area contributed by atoms with Gasteiger partial charge in [-0.05, 0) is 45.9 Å². The Balaban J connectivity index is 2.35. The molecule has 2 heterocycles. The molecule has 0 saturated carbocycles. The molecule has 0 spiro atoms. The van der Waals surface area contributed by atoms with E-state index in [-0.39, 0.29) is 11.4 Å². The summed E-state index contributed by atoms with van der Waals surface area (Å²) in [6.45, 7) is 2.08. The SMILES string of the molecule is CCOc1nccc(C(O)c2csc(Br)c2)c1F. The third kappa shape index (κ3) is 2.71. The minimum atomic E-state index is -1.02. The molecule has 3 nitrogen and oxygen atoms in total. The van der Waals surface area contributed by atoms with Crippen molar-refractivity contribution < 1.29 is 14.2 Å². The molecule has 96 valence electrons. The summed E-state index contributed by atoms with van der Waals surface area (Å²) in [6.07, 6.45) is 0.406. The van der Waals surface area contributed by atoms with E-state index < -0.39 is 11.9 Å². The second-order valence-corrected chi connectivity index (χ2v) is 5.83. The van der Waals surface area contributed by atoms with Crippen molar-refractivity contribution in [2.45, 2.75) is 13.0 Å². The van der Waals surface area contributed by atoms with Crippen LogP contribution in [-0.2, 0) is 0 Å². The van der Waals surface area contributed by atoms with Crippen molar-refractivity contribution in [2.75, 3.05) is 6.61 Å². The highest BCUT2D eigenvalue weighted by molar-refractivity contribution is 9.11. The summed E-state index contributed by atoms with van der Waals surface area (Å²) in [5, 5.41) is 11.9. The van der Waals surface area contributed by atoms with Crippen LogP contribution >= 0.6 is 27.3 Å². The number of halogens is 2. The molecule has 1 unspecified atom stereocenters. The van der Waals surface area contributed by atoms with Crippen molar-refractivity contribution in [1.82, 2.24) is 4.98 Å². The topological polar surface area (TPSA) is 42.4 Å². The van der Waals surface area contributed by atoms with E-state index >= 15 is 0 Å². The summed E-state index contributed by atoms with van der Waals surface area (Å²) in [5.74, 6) is -0.697. The lowest BCUT2D eigenvalue weighted by molar-refractivity contribution is 0.211. The molecular weight excluding hydrogens is 321 g/mol. The largest absolute Gasteiger partial charge is 0.476 e. The van der Waals surface area contributed by atoms with E-state index in [4.69, 9.17) is 4.74 Å². The number of aromatic nitrogens is 1. The van der Waals surface area contributed by atoms with Gasteiger partial charge < -0.3 is 9.84 Å². The Labute approximate surface area is 116 Å². The molecule has 0 aromatic carbocycles. The fourth-order valence-electron chi connectivity index (χ4n) is 1.53. The van der Waals surface area contributed by atoms with Crippen LogP contribution in [0.25, 0.3) is 0 Å². The summed E-state index contributed by atoms with van der Waals surface area (Å²) in [4.78, 5) is 3.79. The highest BCUT2D eigenvalue weighted by Gasteiger charge is 2.19. The van der Waals surface area contributed by atoms with E-state index in [2.05, 4.69) is 20.9 Å². The summed E-state index contributed by atoms with van der Waals surface area (Å²) < 4.78 is 20.0. The Hall–Kier alpha value is -0.980. The minimum absolute atomic E-state index is 0.0802. The van der Waals surface area contributed by atoms with Gasteiger partial charge in [-0.25, -0.2) is 9.37 Å². The maximum Gasteiger partial charge on any atom is 0.250 e. The Morgan fingerprint density at radius 1 is 1.61 bits per heavy atom. The Morgan fingerprint density at radius 2 is 2.39 bits per heavy atom. The van der Waals surface area contributed by atoms with E-state index in [1.54, 1.807) is 18.4 Å². The Kier molecular flexibility index (Phi) is 4.31. The number of thiophene rings is 1. The zero-order valence-corrected chi connectivity index (χ0v) is 12.0. The van der Waals surface area contributed by atoms with Gasteiger partial charge in [0.05, 0.1) is 10.4 Å². The first-order valence-corrected chi connectivity index (χ1v) is 7.00. The van der Waals surface area contributed by atoms with Crippen LogP contribution in [0.5, 0.6) is 5.88 Å². The van der Waals surface area contributed by atoms with Gasteiger partial charge in [0.1, 0.15) is 6.10 Å². The van der Waals surface area contributed by atoms with Crippen LogP contribution in [0.3, 0.4) is 0 Å². The molecule has 0 amide bonds. The summed E-state index contributed by atoms with van der Waals surface area (Å²) in [7, 11) is 0. The highest BCUT2D eigenvalue weighted by atomic mass is 79.9. The van der Waals surface area contributed by atoms with Gasteiger partial charge in [-0.1, -0.05) is 0 Å². The van der Waals surface area contributed by atoms with Gasteiger partial charge in [0, 0.05) is 11.8 Å². The molecule has 2 rings (SSSR count). The van der Waals surface area contributed by atoms with Gasteiger partial charge >= 0.3 is 0 Å². The second kappa shape index (κ2) is 5.77. The average molecular weight is 332 g/mol. The van der Waals surface area contributed by atoms with E-state index in [0.717, 1.165) is 3.79 Å². The molecule has 1 N–H and O–H groups in total. The van der Waals surface area contributed by atoms with Crippen LogP contribution < -0.4 is 4.74 Å². The standard InChI is InChI=1S/C12H11BrFNO2S/c1-2-17-12-10(14)8(3-4-15-12)11(16)7-5-9(13)18-6-7/h3-6,11,16H,2H2,1H3. The molecule has 2 aromatic heterocycles. The van der Waals surface area contributed by atoms with Crippen molar-refractivity contribution in [3.8, 4) is 5.88 Å². The highest BCUT2D eigenvalue weighted by Crippen LogP contribution is 2.32. The molecule has 0 bridgehead atoms. The van der Waals surface area contributed by atoms with Crippen molar-refractivity contribution >= 4 is 27.3 Å². The van der Waals surface area contributed by atoms with Gasteiger partial charge in [-0.15, -0.1) is 11.3 Å². The van der Waals surface area contributed by atoms with Crippen molar-refractivity contribution in [3.63, 3.8) is 0 Å².